The molecule has 0 atom stereocenters. The fraction of sp³-hybridized carbons (Fsp3) is 0.385. The molecule has 0 saturated heterocycles. The molecule has 0 amide bonds. The molecule has 19 heavy (non-hydrogen) atoms. The largest absolute Gasteiger partial charge is 0.504 e. The van der Waals surface area contributed by atoms with Gasteiger partial charge in [-0.3, -0.25) is 0 Å². The van der Waals surface area contributed by atoms with E-state index in [9.17, 15) is 10.2 Å². The molecule has 1 aromatic carbocycles. The molecular formula is C13H16N2O3S. The lowest BCUT2D eigenvalue weighted by Gasteiger charge is -2.15. The van der Waals surface area contributed by atoms with Gasteiger partial charge in [0.2, 0.25) is 0 Å². The number of rotatable bonds is 3. The molecule has 2 aromatic rings. The SMILES string of the molecule is CC(C)(C)SCc1noc(-c2ccc(O)c(O)c2)n1. The number of aromatic nitrogens is 2. The number of hydrogen-bond acceptors (Lipinski definition) is 6. The maximum absolute atomic E-state index is 9.43. The monoisotopic (exact) mass is 280 g/mol. The summed E-state index contributed by atoms with van der Waals surface area (Å²) in [5, 5.41) is 22.6. The number of nitrogens with zero attached hydrogens (tertiary/aromatic N) is 2. The van der Waals surface area contributed by atoms with E-state index in [0.29, 0.717) is 23.0 Å². The fourth-order valence-corrected chi connectivity index (χ4v) is 2.05. The summed E-state index contributed by atoms with van der Waals surface area (Å²) in [6.45, 7) is 6.37. The Labute approximate surface area is 115 Å². The van der Waals surface area contributed by atoms with Gasteiger partial charge in [0, 0.05) is 10.3 Å². The second-order valence-corrected chi connectivity index (χ2v) is 6.92. The highest BCUT2D eigenvalue weighted by atomic mass is 32.2. The van der Waals surface area contributed by atoms with Crippen LogP contribution in [0, 0.1) is 0 Å². The van der Waals surface area contributed by atoms with Crippen molar-refractivity contribution in [1.29, 1.82) is 0 Å². The van der Waals surface area contributed by atoms with E-state index in [1.54, 1.807) is 17.8 Å². The molecule has 0 bridgehead atoms. The lowest BCUT2D eigenvalue weighted by molar-refractivity contribution is 0.402. The van der Waals surface area contributed by atoms with Crippen LogP contribution in [-0.4, -0.2) is 25.1 Å². The van der Waals surface area contributed by atoms with Gasteiger partial charge in [-0.25, -0.2) is 0 Å². The van der Waals surface area contributed by atoms with Crippen LogP contribution in [0.2, 0.25) is 0 Å². The van der Waals surface area contributed by atoms with Crippen LogP contribution in [0.1, 0.15) is 26.6 Å². The Kier molecular flexibility index (Phi) is 3.71. The first-order valence-corrected chi connectivity index (χ1v) is 6.82. The van der Waals surface area contributed by atoms with Crippen molar-refractivity contribution in [3.63, 3.8) is 0 Å². The summed E-state index contributed by atoms with van der Waals surface area (Å²) < 4.78 is 5.28. The van der Waals surface area contributed by atoms with Crippen LogP contribution in [0.4, 0.5) is 0 Å². The quantitative estimate of drug-likeness (QED) is 0.841. The summed E-state index contributed by atoms with van der Waals surface area (Å²) >= 11 is 1.73. The van der Waals surface area contributed by atoms with Crippen LogP contribution in [-0.2, 0) is 5.75 Å². The van der Waals surface area contributed by atoms with Crippen molar-refractivity contribution in [3.8, 4) is 23.0 Å². The third-order valence-electron chi connectivity index (χ3n) is 2.32. The molecule has 2 N–H and O–H groups in total. The van der Waals surface area contributed by atoms with Gasteiger partial charge in [-0.05, 0) is 18.2 Å². The average Bonchev–Trinajstić information content (AvgIpc) is 2.78. The Bertz CT molecular complexity index is 576. The van der Waals surface area contributed by atoms with Gasteiger partial charge < -0.3 is 14.7 Å². The van der Waals surface area contributed by atoms with E-state index in [2.05, 4.69) is 30.9 Å². The number of thioether (sulfide) groups is 1. The average molecular weight is 280 g/mol. The minimum atomic E-state index is -0.207. The molecular weight excluding hydrogens is 264 g/mol. The molecule has 0 saturated carbocycles. The van der Waals surface area contributed by atoms with Crippen molar-refractivity contribution in [2.24, 2.45) is 0 Å². The Hall–Kier alpha value is -1.69. The summed E-state index contributed by atoms with van der Waals surface area (Å²) in [6.07, 6.45) is 0. The molecule has 0 fully saturated rings. The van der Waals surface area contributed by atoms with E-state index in [0.717, 1.165) is 0 Å². The maximum Gasteiger partial charge on any atom is 0.258 e. The van der Waals surface area contributed by atoms with E-state index in [1.165, 1.54) is 12.1 Å². The van der Waals surface area contributed by atoms with Crippen molar-refractivity contribution >= 4 is 11.8 Å². The normalized spacial score (nSPS) is 11.7. The first-order chi connectivity index (χ1) is 8.85. The summed E-state index contributed by atoms with van der Waals surface area (Å²) in [5.41, 5.74) is 0.579. The molecule has 0 aliphatic carbocycles. The van der Waals surface area contributed by atoms with Gasteiger partial charge in [0.1, 0.15) is 0 Å². The molecule has 1 heterocycles. The summed E-state index contributed by atoms with van der Waals surface area (Å²) in [7, 11) is 0. The Balaban J connectivity index is 2.14. The topological polar surface area (TPSA) is 79.4 Å². The van der Waals surface area contributed by atoms with Gasteiger partial charge in [-0.1, -0.05) is 25.9 Å². The molecule has 0 radical (unpaired) electrons. The van der Waals surface area contributed by atoms with Crippen LogP contribution in [0.5, 0.6) is 11.5 Å². The van der Waals surface area contributed by atoms with Gasteiger partial charge in [0.25, 0.3) is 5.89 Å². The number of hydrogen-bond donors (Lipinski definition) is 2. The minimum absolute atomic E-state index is 0.137. The highest BCUT2D eigenvalue weighted by molar-refractivity contribution is 7.99. The van der Waals surface area contributed by atoms with Crippen LogP contribution in [0.15, 0.2) is 22.7 Å². The second-order valence-electron chi connectivity index (χ2n) is 5.12. The molecule has 0 aliphatic rings. The van der Waals surface area contributed by atoms with Crippen molar-refractivity contribution < 1.29 is 14.7 Å². The second kappa shape index (κ2) is 5.13. The molecule has 0 aliphatic heterocycles. The van der Waals surface area contributed by atoms with Gasteiger partial charge >= 0.3 is 0 Å². The van der Waals surface area contributed by atoms with Crippen molar-refractivity contribution in [2.45, 2.75) is 31.3 Å². The standard InChI is InChI=1S/C13H16N2O3S/c1-13(2,3)19-7-11-14-12(18-15-11)8-4-5-9(16)10(17)6-8/h4-6,16-17H,7H2,1-3H3. The van der Waals surface area contributed by atoms with E-state index in [4.69, 9.17) is 4.52 Å². The van der Waals surface area contributed by atoms with E-state index in [-0.39, 0.29) is 16.2 Å². The maximum atomic E-state index is 9.43. The summed E-state index contributed by atoms with van der Waals surface area (Å²) in [5.74, 6) is 1.23. The smallest absolute Gasteiger partial charge is 0.258 e. The zero-order chi connectivity index (χ0) is 14.0. The highest BCUT2D eigenvalue weighted by Crippen LogP contribution is 2.31. The fourth-order valence-electron chi connectivity index (χ4n) is 1.37. The molecule has 0 spiro atoms. The Morgan fingerprint density at radius 2 is 1.95 bits per heavy atom. The van der Waals surface area contributed by atoms with Gasteiger partial charge in [0.05, 0.1) is 5.75 Å². The minimum Gasteiger partial charge on any atom is -0.504 e. The lowest BCUT2D eigenvalue weighted by atomic mass is 10.2. The lowest BCUT2D eigenvalue weighted by Crippen LogP contribution is -2.07. The molecule has 102 valence electrons. The number of phenols is 2. The molecule has 5 nitrogen and oxygen atoms in total. The molecule has 0 unspecified atom stereocenters. The Morgan fingerprint density at radius 3 is 2.58 bits per heavy atom. The van der Waals surface area contributed by atoms with Gasteiger partial charge in [0.15, 0.2) is 17.3 Å². The predicted molar refractivity (Wildman–Crippen MR) is 74.1 cm³/mol. The molecule has 2 rings (SSSR count). The van der Waals surface area contributed by atoms with Crippen LogP contribution in [0.3, 0.4) is 0 Å². The van der Waals surface area contributed by atoms with E-state index < -0.39 is 0 Å². The van der Waals surface area contributed by atoms with Crippen LogP contribution < -0.4 is 0 Å². The highest BCUT2D eigenvalue weighted by Gasteiger charge is 2.15. The van der Waals surface area contributed by atoms with Crippen LogP contribution in [0.25, 0.3) is 11.5 Å². The zero-order valence-electron chi connectivity index (χ0n) is 11.0. The first-order valence-electron chi connectivity index (χ1n) is 5.84. The van der Waals surface area contributed by atoms with Crippen LogP contribution >= 0.6 is 11.8 Å². The van der Waals surface area contributed by atoms with Crippen molar-refractivity contribution in [2.75, 3.05) is 0 Å². The molecule has 6 heteroatoms. The zero-order valence-corrected chi connectivity index (χ0v) is 11.9. The Morgan fingerprint density at radius 1 is 1.21 bits per heavy atom. The summed E-state index contributed by atoms with van der Waals surface area (Å²) in [6, 6.07) is 4.39. The first kappa shape index (κ1) is 13.7. The van der Waals surface area contributed by atoms with E-state index >= 15 is 0 Å². The summed E-state index contributed by atoms with van der Waals surface area (Å²) in [4.78, 5) is 4.26. The number of benzene rings is 1. The third kappa shape index (κ3) is 3.64. The van der Waals surface area contributed by atoms with Crippen molar-refractivity contribution in [1.82, 2.24) is 10.1 Å². The van der Waals surface area contributed by atoms with Crippen molar-refractivity contribution in [3.05, 3.63) is 24.0 Å². The number of phenolic OH excluding ortho intramolecular Hbond substituents is 2. The number of aromatic hydroxyl groups is 2. The van der Waals surface area contributed by atoms with Gasteiger partial charge in [-0.2, -0.15) is 4.98 Å². The molecule has 1 aromatic heterocycles. The predicted octanol–water partition coefficient (Wildman–Crippen LogP) is 3.18. The van der Waals surface area contributed by atoms with Gasteiger partial charge in [-0.15, -0.1) is 11.8 Å². The third-order valence-corrected chi connectivity index (χ3v) is 3.59. The van der Waals surface area contributed by atoms with E-state index in [1.807, 2.05) is 0 Å².